The maximum Gasteiger partial charge on any atom is 0.243 e. The predicted molar refractivity (Wildman–Crippen MR) is 83.6 cm³/mol. The van der Waals surface area contributed by atoms with E-state index in [1.54, 1.807) is 6.92 Å². The molecule has 116 valence electrons. The van der Waals surface area contributed by atoms with Crippen molar-refractivity contribution in [2.75, 3.05) is 18.8 Å². The fourth-order valence-corrected chi connectivity index (χ4v) is 5.38. The van der Waals surface area contributed by atoms with Crippen molar-refractivity contribution in [3.63, 3.8) is 0 Å². The van der Waals surface area contributed by atoms with Gasteiger partial charge < -0.3 is 5.73 Å². The zero-order valence-corrected chi connectivity index (χ0v) is 13.4. The van der Waals surface area contributed by atoms with Gasteiger partial charge >= 0.3 is 0 Å². The van der Waals surface area contributed by atoms with Crippen molar-refractivity contribution >= 4 is 15.7 Å². The van der Waals surface area contributed by atoms with Gasteiger partial charge in [0.1, 0.15) is 4.90 Å². The van der Waals surface area contributed by atoms with E-state index in [9.17, 15) is 8.42 Å². The van der Waals surface area contributed by atoms with Crippen molar-refractivity contribution < 1.29 is 8.42 Å². The number of aryl methyl sites for hydroxylation is 2. The topological polar surface area (TPSA) is 75.4 Å². The van der Waals surface area contributed by atoms with Crippen LogP contribution in [0.1, 0.15) is 30.4 Å². The van der Waals surface area contributed by atoms with Crippen LogP contribution in [-0.2, 0) is 10.0 Å². The van der Waals surface area contributed by atoms with Crippen molar-refractivity contribution in [1.29, 1.82) is 0 Å². The summed E-state index contributed by atoms with van der Waals surface area (Å²) >= 11 is 0. The lowest BCUT2D eigenvalue weighted by molar-refractivity contribution is 0.309. The molecule has 2 unspecified atom stereocenters. The minimum Gasteiger partial charge on any atom is -0.397 e. The van der Waals surface area contributed by atoms with Crippen molar-refractivity contribution in [2.24, 2.45) is 0 Å². The Kier molecular flexibility index (Phi) is 3.71. The van der Waals surface area contributed by atoms with Crippen molar-refractivity contribution in [3.8, 4) is 0 Å². The van der Waals surface area contributed by atoms with Crippen LogP contribution in [0, 0.1) is 13.8 Å². The van der Waals surface area contributed by atoms with Gasteiger partial charge in [-0.25, -0.2) is 13.1 Å². The number of rotatable bonds is 3. The van der Waals surface area contributed by atoms with Crippen molar-refractivity contribution in [1.82, 2.24) is 9.62 Å². The van der Waals surface area contributed by atoms with Crippen LogP contribution in [0.4, 0.5) is 5.69 Å². The Morgan fingerprint density at radius 1 is 1.19 bits per heavy atom. The largest absolute Gasteiger partial charge is 0.397 e. The third-order valence-electron chi connectivity index (χ3n) is 4.79. The molecule has 0 bridgehead atoms. The maximum atomic E-state index is 12.8. The zero-order chi connectivity index (χ0) is 15.2. The molecule has 6 heteroatoms. The summed E-state index contributed by atoms with van der Waals surface area (Å²) in [4.78, 5) is 2.64. The Balaban J connectivity index is 1.90. The summed E-state index contributed by atoms with van der Waals surface area (Å²) in [6.45, 7) is 5.71. The Morgan fingerprint density at radius 2 is 1.90 bits per heavy atom. The summed E-state index contributed by atoms with van der Waals surface area (Å²) in [5.41, 5.74) is 7.89. The smallest absolute Gasteiger partial charge is 0.243 e. The van der Waals surface area contributed by atoms with Gasteiger partial charge in [-0.1, -0.05) is 12.1 Å². The van der Waals surface area contributed by atoms with Crippen LogP contribution in [0.2, 0.25) is 0 Å². The average Bonchev–Trinajstić information content (AvgIpc) is 2.99. The first-order chi connectivity index (χ1) is 9.90. The molecule has 5 nitrogen and oxygen atoms in total. The Morgan fingerprint density at radius 3 is 2.67 bits per heavy atom. The third-order valence-corrected chi connectivity index (χ3v) is 6.48. The van der Waals surface area contributed by atoms with Crippen LogP contribution in [-0.4, -0.2) is 38.5 Å². The second-order valence-electron chi connectivity index (χ2n) is 6.20. The number of nitrogens with two attached hydrogens (primary N) is 1. The van der Waals surface area contributed by atoms with Gasteiger partial charge in [0.2, 0.25) is 10.0 Å². The SMILES string of the molecule is Cc1ccc(C)c(S(=O)(=O)NC2CCN3CCCC23)c1N. The number of nitrogens with zero attached hydrogens (tertiary/aromatic N) is 1. The summed E-state index contributed by atoms with van der Waals surface area (Å²) in [7, 11) is -3.57. The number of fused-ring (bicyclic) bond motifs is 1. The molecule has 0 radical (unpaired) electrons. The molecule has 0 saturated carbocycles. The monoisotopic (exact) mass is 309 g/mol. The van der Waals surface area contributed by atoms with E-state index in [4.69, 9.17) is 5.73 Å². The molecule has 2 atom stereocenters. The number of anilines is 1. The minimum atomic E-state index is -3.57. The Labute approximate surface area is 126 Å². The van der Waals surface area contributed by atoms with E-state index in [2.05, 4.69) is 9.62 Å². The Bertz CT molecular complexity index is 657. The normalized spacial score (nSPS) is 26.2. The highest BCUT2D eigenvalue weighted by molar-refractivity contribution is 7.89. The van der Waals surface area contributed by atoms with Crippen LogP contribution in [0.15, 0.2) is 17.0 Å². The molecule has 0 spiro atoms. The van der Waals surface area contributed by atoms with Crippen LogP contribution < -0.4 is 10.5 Å². The highest BCUT2D eigenvalue weighted by atomic mass is 32.2. The summed E-state index contributed by atoms with van der Waals surface area (Å²) in [5.74, 6) is 0. The molecule has 2 fully saturated rings. The number of nitrogens with one attached hydrogen (secondary N) is 1. The molecular weight excluding hydrogens is 286 g/mol. The maximum absolute atomic E-state index is 12.8. The second kappa shape index (κ2) is 5.26. The lowest BCUT2D eigenvalue weighted by Crippen LogP contribution is -2.42. The van der Waals surface area contributed by atoms with Crippen LogP contribution >= 0.6 is 0 Å². The third kappa shape index (κ3) is 2.56. The van der Waals surface area contributed by atoms with E-state index in [1.165, 1.54) is 0 Å². The molecule has 2 aliphatic heterocycles. The summed E-state index contributed by atoms with van der Waals surface area (Å²) in [6.07, 6.45) is 3.12. The lowest BCUT2D eigenvalue weighted by atomic mass is 10.1. The molecule has 3 N–H and O–H groups in total. The van der Waals surface area contributed by atoms with Crippen LogP contribution in [0.3, 0.4) is 0 Å². The minimum absolute atomic E-state index is 0.0109. The molecule has 3 rings (SSSR count). The first kappa shape index (κ1) is 14.8. The molecule has 0 amide bonds. The van der Waals surface area contributed by atoms with Crippen LogP contribution in [0.5, 0.6) is 0 Å². The van der Waals surface area contributed by atoms with Gasteiger partial charge in [0.15, 0.2) is 0 Å². The molecule has 1 aromatic rings. The molecule has 1 aromatic carbocycles. The van der Waals surface area contributed by atoms with E-state index in [1.807, 2.05) is 19.1 Å². The van der Waals surface area contributed by atoms with Gasteiger partial charge in [-0.3, -0.25) is 4.90 Å². The highest BCUT2D eigenvalue weighted by Gasteiger charge is 2.39. The fraction of sp³-hybridized carbons (Fsp3) is 0.600. The first-order valence-electron chi connectivity index (χ1n) is 7.52. The van der Waals surface area contributed by atoms with E-state index in [0.717, 1.165) is 37.9 Å². The van der Waals surface area contributed by atoms with Gasteiger partial charge in [0, 0.05) is 18.6 Å². The molecule has 2 saturated heterocycles. The number of sulfonamides is 1. The number of hydrogen-bond donors (Lipinski definition) is 2. The van der Waals surface area contributed by atoms with Crippen LogP contribution in [0.25, 0.3) is 0 Å². The van der Waals surface area contributed by atoms with E-state index in [-0.39, 0.29) is 10.9 Å². The van der Waals surface area contributed by atoms with E-state index in [0.29, 0.717) is 17.3 Å². The summed E-state index contributed by atoms with van der Waals surface area (Å²) < 4.78 is 28.4. The summed E-state index contributed by atoms with van der Waals surface area (Å²) in [5, 5.41) is 0. The lowest BCUT2D eigenvalue weighted by Gasteiger charge is -2.22. The van der Waals surface area contributed by atoms with Gasteiger partial charge in [-0.2, -0.15) is 0 Å². The molecule has 2 heterocycles. The number of benzene rings is 1. The van der Waals surface area contributed by atoms with Gasteiger partial charge in [-0.15, -0.1) is 0 Å². The van der Waals surface area contributed by atoms with Crippen molar-refractivity contribution in [2.45, 2.75) is 50.1 Å². The highest BCUT2D eigenvalue weighted by Crippen LogP contribution is 2.31. The fourth-order valence-electron chi connectivity index (χ4n) is 3.64. The van der Waals surface area contributed by atoms with Gasteiger partial charge in [0.05, 0.1) is 5.69 Å². The van der Waals surface area contributed by atoms with E-state index < -0.39 is 10.0 Å². The second-order valence-corrected chi connectivity index (χ2v) is 7.85. The predicted octanol–water partition coefficient (Wildman–Crippen LogP) is 1.40. The number of hydrogen-bond acceptors (Lipinski definition) is 4. The first-order valence-corrected chi connectivity index (χ1v) is 9.00. The molecular formula is C15H23N3O2S. The molecule has 0 aromatic heterocycles. The summed E-state index contributed by atoms with van der Waals surface area (Å²) in [6, 6.07) is 4.04. The Hall–Kier alpha value is -1.11. The van der Waals surface area contributed by atoms with Crippen molar-refractivity contribution in [3.05, 3.63) is 23.3 Å². The van der Waals surface area contributed by atoms with Gasteiger partial charge in [0.25, 0.3) is 0 Å². The quantitative estimate of drug-likeness (QED) is 0.828. The molecule has 0 aliphatic carbocycles. The number of nitrogen functional groups attached to an aromatic ring is 1. The zero-order valence-electron chi connectivity index (χ0n) is 12.6. The average molecular weight is 309 g/mol. The van der Waals surface area contributed by atoms with E-state index >= 15 is 0 Å². The van der Waals surface area contributed by atoms with Gasteiger partial charge in [-0.05, 0) is 50.8 Å². The molecule has 21 heavy (non-hydrogen) atoms. The molecule has 2 aliphatic rings. The standard InChI is InChI=1S/C15H23N3O2S/c1-10-5-6-11(2)15(14(10)16)21(19,20)17-12-7-9-18-8-3-4-13(12)18/h5-6,12-13,17H,3-4,7-9,16H2,1-2H3.